The Morgan fingerprint density at radius 1 is 0.947 bits per heavy atom. The van der Waals surface area contributed by atoms with Crippen LogP contribution in [0.4, 0.5) is 0 Å². The molecule has 2 heteroatoms. The van der Waals surface area contributed by atoms with Crippen molar-refractivity contribution in [1.82, 2.24) is 5.32 Å². The van der Waals surface area contributed by atoms with Gasteiger partial charge in [0.25, 0.3) is 0 Å². The van der Waals surface area contributed by atoms with Crippen molar-refractivity contribution in [2.45, 2.75) is 39.7 Å². The third-order valence-electron chi connectivity index (χ3n) is 3.44. The molecule has 0 fully saturated rings. The Morgan fingerprint density at radius 2 is 1.68 bits per heavy atom. The van der Waals surface area contributed by atoms with Gasteiger partial charge < -0.3 is 9.73 Å². The standard InChI is InChI=1S/C17H23NO/c1-4-13-7-9-14(10-8-13)17(18-6-3)16-12-11-15(5-2)19-16/h7-12,17-18H,4-6H2,1-3H3. The largest absolute Gasteiger partial charge is 0.464 e. The van der Waals surface area contributed by atoms with Gasteiger partial charge in [-0.15, -0.1) is 0 Å². The smallest absolute Gasteiger partial charge is 0.125 e. The van der Waals surface area contributed by atoms with Crippen LogP contribution in [-0.2, 0) is 12.8 Å². The van der Waals surface area contributed by atoms with E-state index in [2.05, 4.69) is 62.5 Å². The Hall–Kier alpha value is -1.54. The van der Waals surface area contributed by atoms with Crippen LogP contribution in [0.25, 0.3) is 0 Å². The average molecular weight is 257 g/mol. The summed E-state index contributed by atoms with van der Waals surface area (Å²) in [5.41, 5.74) is 2.63. The molecule has 0 aliphatic rings. The maximum Gasteiger partial charge on any atom is 0.125 e. The van der Waals surface area contributed by atoms with E-state index in [1.807, 2.05) is 0 Å². The van der Waals surface area contributed by atoms with Crippen LogP contribution in [0.1, 0.15) is 49.5 Å². The fourth-order valence-corrected chi connectivity index (χ4v) is 2.27. The predicted octanol–water partition coefficient (Wildman–Crippen LogP) is 4.10. The molecule has 1 aromatic heterocycles. The van der Waals surface area contributed by atoms with Crippen LogP contribution in [0.3, 0.4) is 0 Å². The molecule has 2 rings (SSSR count). The molecule has 1 aromatic carbocycles. The van der Waals surface area contributed by atoms with E-state index in [0.717, 1.165) is 30.9 Å². The van der Waals surface area contributed by atoms with Crippen molar-refractivity contribution in [3.8, 4) is 0 Å². The van der Waals surface area contributed by atoms with Gasteiger partial charge >= 0.3 is 0 Å². The van der Waals surface area contributed by atoms with E-state index < -0.39 is 0 Å². The number of hydrogen-bond donors (Lipinski definition) is 1. The first-order chi connectivity index (χ1) is 9.28. The Kier molecular flexibility index (Phi) is 4.80. The van der Waals surface area contributed by atoms with Crippen LogP contribution in [0, 0.1) is 0 Å². The first kappa shape index (κ1) is 13.9. The Morgan fingerprint density at radius 3 is 2.21 bits per heavy atom. The lowest BCUT2D eigenvalue weighted by atomic mass is 10.0. The zero-order valence-electron chi connectivity index (χ0n) is 12.1. The minimum Gasteiger partial charge on any atom is -0.464 e. The monoisotopic (exact) mass is 257 g/mol. The second-order valence-corrected chi connectivity index (χ2v) is 4.74. The van der Waals surface area contributed by atoms with E-state index in [1.54, 1.807) is 0 Å². The van der Waals surface area contributed by atoms with Crippen LogP contribution < -0.4 is 5.32 Å². The van der Waals surface area contributed by atoms with Crippen molar-refractivity contribution < 1.29 is 4.42 Å². The van der Waals surface area contributed by atoms with Crippen LogP contribution in [0.15, 0.2) is 40.8 Å². The molecular formula is C17H23NO. The number of aryl methyl sites for hydroxylation is 2. The molecule has 0 spiro atoms. The molecule has 0 radical (unpaired) electrons. The highest BCUT2D eigenvalue weighted by Crippen LogP contribution is 2.24. The van der Waals surface area contributed by atoms with Gasteiger partial charge in [-0.05, 0) is 36.2 Å². The lowest BCUT2D eigenvalue weighted by Gasteiger charge is -2.16. The van der Waals surface area contributed by atoms with Gasteiger partial charge in [-0.2, -0.15) is 0 Å². The molecule has 0 aliphatic carbocycles. The Bertz CT molecular complexity index is 498. The molecule has 1 atom stereocenters. The van der Waals surface area contributed by atoms with E-state index in [4.69, 9.17) is 4.42 Å². The molecule has 102 valence electrons. The summed E-state index contributed by atoms with van der Waals surface area (Å²) in [5.74, 6) is 2.05. The van der Waals surface area contributed by atoms with Crippen molar-refractivity contribution in [2.75, 3.05) is 6.54 Å². The lowest BCUT2D eigenvalue weighted by Crippen LogP contribution is -2.21. The van der Waals surface area contributed by atoms with Crippen LogP contribution >= 0.6 is 0 Å². The Balaban J connectivity index is 2.27. The summed E-state index contributed by atoms with van der Waals surface area (Å²) in [6.07, 6.45) is 2.01. The highest BCUT2D eigenvalue weighted by molar-refractivity contribution is 5.30. The van der Waals surface area contributed by atoms with Crippen molar-refractivity contribution in [3.63, 3.8) is 0 Å². The van der Waals surface area contributed by atoms with Gasteiger partial charge in [-0.1, -0.05) is 45.0 Å². The Labute approximate surface area is 115 Å². The second kappa shape index (κ2) is 6.58. The summed E-state index contributed by atoms with van der Waals surface area (Å²) >= 11 is 0. The molecule has 2 nitrogen and oxygen atoms in total. The van der Waals surface area contributed by atoms with Crippen molar-refractivity contribution >= 4 is 0 Å². The molecule has 2 aromatic rings. The lowest BCUT2D eigenvalue weighted by molar-refractivity contribution is 0.426. The van der Waals surface area contributed by atoms with Crippen molar-refractivity contribution in [3.05, 3.63) is 59.0 Å². The second-order valence-electron chi connectivity index (χ2n) is 4.74. The summed E-state index contributed by atoms with van der Waals surface area (Å²) in [5, 5.41) is 3.50. The number of hydrogen-bond acceptors (Lipinski definition) is 2. The first-order valence-corrected chi connectivity index (χ1v) is 7.19. The zero-order valence-corrected chi connectivity index (χ0v) is 12.1. The summed E-state index contributed by atoms with van der Waals surface area (Å²) in [7, 11) is 0. The number of nitrogens with one attached hydrogen (secondary N) is 1. The minimum atomic E-state index is 0.149. The van der Waals surface area contributed by atoms with E-state index in [0.29, 0.717) is 0 Å². The van der Waals surface area contributed by atoms with E-state index in [-0.39, 0.29) is 6.04 Å². The number of rotatable bonds is 6. The quantitative estimate of drug-likeness (QED) is 0.842. The van der Waals surface area contributed by atoms with Crippen LogP contribution in [-0.4, -0.2) is 6.54 Å². The van der Waals surface area contributed by atoms with Gasteiger partial charge in [-0.3, -0.25) is 0 Å². The molecule has 0 bridgehead atoms. The molecular weight excluding hydrogens is 234 g/mol. The summed E-state index contributed by atoms with van der Waals surface area (Å²) in [6, 6.07) is 13.1. The highest BCUT2D eigenvalue weighted by Gasteiger charge is 2.16. The van der Waals surface area contributed by atoms with Gasteiger partial charge in [0.2, 0.25) is 0 Å². The van der Waals surface area contributed by atoms with Gasteiger partial charge in [0.05, 0.1) is 6.04 Å². The minimum absolute atomic E-state index is 0.149. The van der Waals surface area contributed by atoms with Crippen LogP contribution in [0.5, 0.6) is 0 Å². The topological polar surface area (TPSA) is 25.2 Å². The maximum absolute atomic E-state index is 5.90. The zero-order chi connectivity index (χ0) is 13.7. The van der Waals surface area contributed by atoms with E-state index in [9.17, 15) is 0 Å². The molecule has 19 heavy (non-hydrogen) atoms. The fourth-order valence-electron chi connectivity index (χ4n) is 2.27. The molecule has 1 heterocycles. The summed E-state index contributed by atoms with van der Waals surface area (Å²) in [6.45, 7) is 7.33. The van der Waals surface area contributed by atoms with Crippen molar-refractivity contribution in [2.24, 2.45) is 0 Å². The molecule has 0 aliphatic heterocycles. The SMILES string of the molecule is CCNC(c1ccc(CC)cc1)c1ccc(CC)o1. The van der Waals surface area contributed by atoms with E-state index in [1.165, 1.54) is 11.1 Å². The van der Waals surface area contributed by atoms with Crippen molar-refractivity contribution in [1.29, 1.82) is 0 Å². The van der Waals surface area contributed by atoms with Gasteiger partial charge in [0.15, 0.2) is 0 Å². The maximum atomic E-state index is 5.90. The molecule has 1 N–H and O–H groups in total. The third kappa shape index (κ3) is 3.27. The summed E-state index contributed by atoms with van der Waals surface area (Å²) < 4.78 is 5.90. The van der Waals surface area contributed by atoms with Crippen LogP contribution in [0.2, 0.25) is 0 Å². The predicted molar refractivity (Wildman–Crippen MR) is 79.4 cm³/mol. The molecule has 0 amide bonds. The average Bonchev–Trinajstić information content (AvgIpc) is 2.93. The molecule has 0 saturated heterocycles. The third-order valence-corrected chi connectivity index (χ3v) is 3.44. The summed E-state index contributed by atoms with van der Waals surface area (Å²) in [4.78, 5) is 0. The number of benzene rings is 1. The van der Waals surface area contributed by atoms with Gasteiger partial charge in [0, 0.05) is 6.42 Å². The van der Waals surface area contributed by atoms with Gasteiger partial charge in [-0.25, -0.2) is 0 Å². The molecule has 0 saturated carbocycles. The normalized spacial score (nSPS) is 12.6. The highest BCUT2D eigenvalue weighted by atomic mass is 16.3. The number of furan rings is 1. The van der Waals surface area contributed by atoms with Gasteiger partial charge in [0.1, 0.15) is 11.5 Å². The fraction of sp³-hybridized carbons (Fsp3) is 0.412. The molecule has 1 unspecified atom stereocenters. The first-order valence-electron chi connectivity index (χ1n) is 7.19. The van der Waals surface area contributed by atoms with E-state index >= 15 is 0 Å².